The largest absolute Gasteiger partial charge is 0.508 e. The predicted molar refractivity (Wildman–Crippen MR) is 73.5 cm³/mol. The van der Waals surface area contributed by atoms with Crippen LogP contribution in [0, 0.1) is 11.7 Å². The van der Waals surface area contributed by atoms with E-state index >= 15 is 0 Å². The molecule has 1 aliphatic heterocycles. The highest BCUT2D eigenvalue weighted by atomic mass is 19.1. The normalized spacial score (nSPS) is 29.2. The quantitative estimate of drug-likeness (QED) is 0.876. The highest BCUT2D eigenvalue weighted by Gasteiger charge is 2.38. The molecule has 2 aliphatic rings. The third-order valence-electron chi connectivity index (χ3n) is 4.98. The Hall–Kier alpha value is -1.09. The minimum Gasteiger partial charge on any atom is -0.508 e. The maximum atomic E-state index is 14.0. The van der Waals surface area contributed by atoms with Crippen molar-refractivity contribution < 1.29 is 9.50 Å². The van der Waals surface area contributed by atoms with Gasteiger partial charge >= 0.3 is 0 Å². The third kappa shape index (κ3) is 2.36. The molecule has 3 heteroatoms. The average molecular weight is 263 g/mol. The van der Waals surface area contributed by atoms with Crippen molar-refractivity contribution in [1.29, 1.82) is 0 Å². The van der Waals surface area contributed by atoms with Crippen LogP contribution >= 0.6 is 0 Å². The number of halogens is 1. The standard InChI is InChI=1S/C16H22FNO/c1-11(14-7-6-13(19)10-15(14)17)18-9-8-12-4-2-3-5-16(12)18/h6-7,10-12,16,19H,2-5,8-9H2,1H3. The second-order valence-electron chi connectivity index (χ2n) is 6.02. The Balaban J connectivity index is 1.81. The number of benzene rings is 1. The molecular weight excluding hydrogens is 241 g/mol. The Labute approximate surface area is 114 Å². The number of phenolic OH excluding ortho intramolecular Hbond substituents is 1. The van der Waals surface area contributed by atoms with Crippen molar-refractivity contribution >= 4 is 0 Å². The van der Waals surface area contributed by atoms with Gasteiger partial charge in [0.25, 0.3) is 0 Å². The molecular formula is C16H22FNO. The van der Waals surface area contributed by atoms with Gasteiger partial charge in [-0.3, -0.25) is 4.90 Å². The molecule has 2 fully saturated rings. The molecule has 104 valence electrons. The van der Waals surface area contributed by atoms with E-state index in [9.17, 15) is 9.50 Å². The number of hydrogen-bond donors (Lipinski definition) is 1. The van der Waals surface area contributed by atoms with Gasteiger partial charge in [-0.2, -0.15) is 0 Å². The molecule has 2 nitrogen and oxygen atoms in total. The maximum absolute atomic E-state index is 14.0. The fraction of sp³-hybridized carbons (Fsp3) is 0.625. The summed E-state index contributed by atoms with van der Waals surface area (Å²) in [6, 6.07) is 5.28. The number of nitrogens with zero attached hydrogens (tertiary/aromatic N) is 1. The first-order chi connectivity index (χ1) is 9.16. The van der Waals surface area contributed by atoms with Crippen molar-refractivity contribution in [3.8, 4) is 5.75 Å². The first-order valence-corrected chi connectivity index (χ1v) is 7.41. The molecule has 1 saturated carbocycles. The zero-order valence-electron chi connectivity index (χ0n) is 11.5. The van der Waals surface area contributed by atoms with Gasteiger partial charge in [-0.15, -0.1) is 0 Å². The maximum Gasteiger partial charge on any atom is 0.131 e. The summed E-state index contributed by atoms with van der Waals surface area (Å²) >= 11 is 0. The number of rotatable bonds is 2. The summed E-state index contributed by atoms with van der Waals surface area (Å²) in [6.45, 7) is 3.17. The molecule has 1 aliphatic carbocycles. The fourth-order valence-electron chi connectivity index (χ4n) is 3.96. The average Bonchev–Trinajstić information content (AvgIpc) is 2.82. The Morgan fingerprint density at radius 1 is 1.26 bits per heavy atom. The van der Waals surface area contributed by atoms with Crippen LogP contribution in [0.25, 0.3) is 0 Å². The molecule has 0 aromatic heterocycles. The number of phenols is 1. The van der Waals surface area contributed by atoms with Gasteiger partial charge < -0.3 is 5.11 Å². The number of fused-ring (bicyclic) bond motifs is 1. The lowest BCUT2D eigenvalue weighted by atomic mass is 9.85. The lowest BCUT2D eigenvalue weighted by Gasteiger charge is -2.35. The van der Waals surface area contributed by atoms with Crippen LogP contribution in [0.5, 0.6) is 5.75 Å². The first kappa shape index (κ1) is 12.9. The van der Waals surface area contributed by atoms with E-state index in [2.05, 4.69) is 11.8 Å². The third-order valence-corrected chi connectivity index (χ3v) is 4.98. The van der Waals surface area contributed by atoms with Gasteiger partial charge in [0.1, 0.15) is 11.6 Å². The topological polar surface area (TPSA) is 23.5 Å². The minimum absolute atomic E-state index is 0.00501. The van der Waals surface area contributed by atoms with E-state index in [1.165, 1.54) is 38.2 Å². The van der Waals surface area contributed by atoms with Crippen LogP contribution in [-0.4, -0.2) is 22.6 Å². The van der Waals surface area contributed by atoms with Gasteiger partial charge in [-0.25, -0.2) is 4.39 Å². The van der Waals surface area contributed by atoms with Gasteiger partial charge in [-0.05, 0) is 44.7 Å². The van der Waals surface area contributed by atoms with Crippen LogP contribution in [0.2, 0.25) is 0 Å². The number of likely N-dealkylation sites (tertiary alicyclic amines) is 1. The van der Waals surface area contributed by atoms with Crippen LogP contribution in [0.1, 0.15) is 50.6 Å². The molecule has 3 rings (SSSR count). The zero-order valence-corrected chi connectivity index (χ0v) is 11.5. The number of hydrogen-bond acceptors (Lipinski definition) is 2. The summed E-state index contributed by atoms with van der Waals surface area (Å²) in [5.41, 5.74) is 0.712. The van der Waals surface area contributed by atoms with Gasteiger partial charge in [0, 0.05) is 23.7 Å². The van der Waals surface area contributed by atoms with Crippen LogP contribution < -0.4 is 0 Å². The Morgan fingerprint density at radius 2 is 2.05 bits per heavy atom. The van der Waals surface area contributed by atoms with Gasteiger partial charge in [0.15, 0.2) is 0 Å². The van der Waals surface area contributed by atoms with E-state index in [1.54, 1.807) is 12.1 Å². The molecule has 1 N–H and O–H groups in total. The van der Waals surface area contributed by atoms with E-state index in [1.807, 2.05) is 0 Å². The van der Waals surface area contributed by atoms with Crippen LogP contribution in [0.3, 0.4) is 0 Å². The molecule has 3 unspecified atom stereocenters. The minimum atomic E-state index is -0.285. The van der Waals surface area contributed by atoms with E-state index in [0.29, 0.717) is 11.6 Å². The van der Waals surface area contributed by atoms with Crippen LogP contribution in [0.15, 0.2) is 18.2 Å². The highest BCUT2D eigenvalue weighted by molar-refractivity contribution is 5.29. The monoisotopic (exact) mass is 263 g/mol. The van der Waals surface area contributed by atoms with Gasteiger partial charge in [0.05, 0.1) is 0 Å². The Bertz CT molecular complexity index is 462. The summed E-state index contributed by atoms with van der Waals surface area (Å²) in [5.74, 6) is 0.536. The second-order valence-corrected chi connectivity index (χ2v) is 6.02. The number of aromatic hydroxyl groups is 1. The molecule has 0 spiro atoms. The molecule has 1 saturated heterocycles. The molecule has 1 heterocycles. The molecule has 1 aromatic carbocycles. The first-order valence-electron chi connectivity index (χ1n) is 7.41. The summed E-state index contributed by atoms with van der Waals surface area (Å²) in [6.07, 6.45) is 6.52. The Morgan fingerprint density at radius 3 is 2.84 bits per heavy atom. The summed E-state index contributed by atoms with van der Waals surface area (Å²) in [7, 11) is 0. The molecule has 0 radical (unpaired) electrons. The van der Waals surface area contributed by atoms with Crippen molar-refractivity contribution in [3.63, 3.8) is 0 Å². The molecule has 1 aromatic rings. The lowest BCUT2D eigenvalue weighted by molar-refractivity contribution is 0.139. The second kappa shape index (κ2) is 5.12. The van der Waals surface area contributed by atoms with Crippen molar-refractivity contribution in [2.75, 3.05) is 6.54 Å². The summed E-state index contributed by atoms with van der Waals surface area (Å²) in [5, 5.41) is 9.32. The fourth-order valence-corrected chi connectivity index (χ4v) is 3.96. The molecule has 0 amide bonds. The smallest absolute Gasteiger partial charge is 0.131 e. The highest BCUT2D eigenvalue weighted by Crippen LogP contribution is 2.41. The van der Waals surface area contributed by atoms with Crippen molar-refractivity contribution in [3.05, 3.63) is 29.6 Å². The molecule has 0 bridgehead atoms. The van der Waals surface area contributed by atoms with Gasteiger partial charge in [-0.1, -0.05) is 18.9 Å². The van der Waals surface area contributed by atoms with E-state index in [0.717, 1.165) is 12.5 Å². The summed E-state index contributed by atoms with van der Waals surface area (Å²) < 4.78 is 14.0. The lowest BCUT2D eigenvalue weighted by Crippen LogP contribution is -2.36. The van der Waals surface area contributed by atoms with E-state index in [4.69, 9.17) is 0 Å². The summed E-state index contributed by atoms with van der Waals surface area (Å²) in [4.78, 5) is 2.47. The van der Waals surface area contributed by atoms with E-state index in [-0.39, 0.29) is 17.6 Å². The van der Waals surface area contributed by atoms with Crippen LogP contribution in [-0.2, 0) is 0 Å². The van der Waals surface area contributed by atoms with Crippen molar-refractivity contribution in [2.24, 2.45) is 5.92 Å². The van der Waals surface area contributed by atoms with Crippen molar-refractivity contribution in [2.45, 2.75) is 51.1 Å². The van der Waals surface area contributed by atoms with E-state index < -0.39 is 0 Å². The van der Waals surface area contributed by atoms with Crippen LogP contribution in [0.4, 0.5) is 4.39 Å². The molecule has 3 atom stereocenters. The SMILES string of the molecule is CC(c1ccc(O)cc1F)N1CCC2CCCCC21. The predicted octanol–water partition coefficient (Wildman–Crippen LogP) is 3.86. The Kier molecular flexibility index (Phi) is 3.48. The van der Waals surface area contributed by atoms with Crippen molar-refractivity contribution in [1.82, 2.24) is 4.90 Å². The van der Waals surface area contributed by atoms with Gasteiger partial charge in [0.2, 0.25) is 0 Å². The molecule has 19 heavy (non-hydrogen) atoms. The zero-order chi connectivity index (χ0) is 13.4.